The molecule has 0 bridgehead atoms. The molecule has 0 unspecified atom stereocenters. The molecule has 0 saturated carbocycles. The Hall–Kier alpha value is -2.43. The number of ether oxygens (including phenoxy) is 1. The number of halogens is 1. The Morgan fingerprint density at radius 1 is 1.00 bits per heavy atom. The molecule has 1 amide bonds. The van der Waals surface area contributed by atoms with E-state index < -0.39 is 0 Å². The van der Waals surface area contributed by atoms with Gasteiger partial charge in [0.2, 0.25) is 5.91 Å². The van der Waals surface area contributed by atoms with Crippen LogP contribution in [0.3, 0.4) is 0 Å². The summed E-state index contributed by atoms with van der Waals surface area (Å²) in [5.41, 5.74) is 3.03. The van der Waals surface area contributed by atoms with Crippen LogP contribution in [0.4, 0.5) is 5.69 Å². The zero-order valence-corrected chi connectivity index (χ0v) is 16.1. The van der Waals surface area contributed by atoms with Crippen LogP contribution >= 0.6 is 23.4 Å². The number of thioether (sulfide) groups is 1. The summed E-state index contributed by atoms with van der Waals surface area (Å²) in [5, 5.41) is 0.588. The molecule has 0 N–H and O–H groups in total. The monoisotopic (exact) mass is 395 g/mol. The predicted octanol–water partition coefficient (Wildman–Crippen LogP) is 5.70. The third kappa shape index (κ3) is 4.12. The van der Waals surface area contributed by atoms with E-state index in [1.54, 1.807) is 11.8 Å². The summed E-state index contributed by atoms with van der Waals surface area (Å²) < 4.78 is 5.95. The molecular formula is C22H18ClNO2S. The van der Waals surface area contributed by atoms with Crippen molar-refractivity contribution in [3.05, 3.63) is 95.0 Å². The van der Waals surface area contributed by atoms with E-state index in [2.05, 4.69) is 0 Å². The number of nitrogens with zero attached hydrogens (tertiary/aromatic N) is 1. The fourth-order valence-corrected chi connectivity index (χ4v) is 4.34. The predicted molar refractivity (Wildman–Crippen MR) is 111 cm³/mol. The fourth-order valence-electron chi connectivity index (χ4n) is 3.05. The molecule has 5 heteroatoms. The maximum absolute atomic E-state index is 12.5. The number of hydrogen-bond donors (Lipinski definition) is 0. The normalized spacial score (nSPS) is 16.6. The number of carbonyl (C=O) groups is 1. The zero-order valence-electron chi connectivity index (χ0n) is 14.5. The Morgan fingerprint density at radius 3 is 2.56 bits per heavy atom. The van der Waals surface area contributed by atoms with Gasteiger partial charge in [-0.1, -0.05) is 54.1 Å². The number of carbonyl (C=O) groups excluding carboxylic acids is 1. The molecule has 1 heterocycles. The first-order valence-electron chi connectivity index (χ1n) is 8.66. The summed E-state index contributed by atoms with van der Waals surface area (Å²) in [6, 6.07) is 25.4. The molecule has 1 aliphatic heterocycles. The lowest BCUT2D eigenvalue weighted by Crippen LogP contribution is -2.27. The summed E-state index contributed by atoms with van der Waals surface area (Å²) in [4.78, 5) is 14.3. The second-order valence-corrected chi connectivity index (χ2v) is 7.76. The molecule has 3 nitrogen and oxygen atoms in total. The first-order valence-corrected chi connectivity index (χ1v) is 10.1. The van der Waals surface area contributed by atoms with Gasteiger partial charge in [0.15, 0.2) is 0 Å². The number of anilines is 1. The lowest BCUT2D eigenvalue weighted by atomic mass is 10.1. The van der Waals surface area contributed by atoms with Gasteiger partial charge in [-0.2, -0.15) is 0 Å². The summed E-state index contributed by atoms with van der Waals surface area (Å²) >= 11 is 7.61. The van der Waals surface area contributed by atoms with Crippen molar-refractivity contribution >= 4 is 35.0 Å². The van der Waals surface area contributed by atoms with Gasteiger partial charge in [0.1, 0.15) is 17.7 Å². The second-order valence-electron chi connectivity index (χ2n) is 6.25. The van der Waals surface area contributed by atoms with Crippen LogP contribution in [0.2, 0.25) is 5.02 Å². The number of hydrogen-bond acceptors (Lipinski definition) is 3. The third-order valence-electron chi connectivity index (χ3n) is 4.36. The summed E-state index contributed by atoms with van der Waals surface area (Å²) in [6.45, 7) is 0.516. The van der Waals surface area contributed by atoms with Crippen LogP contribution in [0.15, 0.2) is 78.9 Å². The molecule has 1 saturated heterocycles. The molecule has 1 fully saturated rings. The van der Waals surface area contributed by atoms with Gasteiger partial charge in [-0.15, -0.1) is 11.8 Å². The molecule has 0 aromatic heterocycles. The van der Waals surface area contributed by atoms with Crippen molar-refractivity contribution in [2.24, 2.45) is 0 Å². The molecular weight excluding hydrogens is 378 g/mol. The quantitative estimate of drug-likeness (QED) is 0.555. The number of amides is 1. The molecule has 0 aliphatic carbocycles. The van der Waals surface area contributed by atoms with Crippen molar-refractivity contribution in [3.63, 3.8) is 0 Å². The minimum atomic E-state index is -0.0704. The Morgan fingerprint density at radius 2 is 1.78 bits per heavy atom. The van der Waals surface area contributed by atoms with Crippen molar-refractivity contribution in [2.45, 2.75) is 12.0 Å². The molecule has 0 spiro atoms. The maximum atomic E-state index is 12.5. The fraction of sp³-hybridized carbons (Fsp3) is 0.136. The highest BCUT2D eigenvalue weighted by Gasteiger charge is 2.34. The average Bonchev–Trinajstić information content (AvgIpc) is 3.10. The Labute approximate surface area is 167 Å². The molecule has 4 rings (SSSR count). The zero-order chi connectivity index (χ0) is 18.6. The highest BCUT2D eigenvalue weighted by Crippen LogP contribution is 2.42. The highest BCUT2D eigenvalue weighted by molar-refractivity contribution is 8.00. The smallest absolute Gasteiger partial charge is 0.238 e. The Kier molecular flexibility index (Phi) is 5.37. The topological polar surface area (TPSA) is 29.5 Å². The highest BCUT2D eigenvalue weighted by atomic mass is 35.5. The summed E-state index contributed by atoms with van der Waals surface area (Å²) in [7, 11) is 0. The van der Waals surface area contributed by atoms with Crippen LogP contribution in [0, 0.1) is 0 Å². The van der Waals surface area contributed by atoms with Crippen molar-refractivity contribution in [1.82, 2.24) is 0 Å². The maximum Gasteiger partial charge on any atom is 0.238 e. The van der Waals surface area contributed by atoms with Crippen molar-refractivity contribution in [3.8, 4) is 5.75 Å². The Bertz CT molecular complexity index is 931. The van der Waals surface area contributed by atoms with Gasteiger partial charge < -0.3 is 4.74 Å². The molecule has 136 valence electrons. The van der Waals surface area contributed by atoms with Gasteiger partial charge >= 0.3 is 0 Å². The van der Waals surface area contributed by atoms with Crippen LogP contribution in [-0.2, 0) is 11.4 Å². The number of benzene rings is 3. The number of rotatable bonds is 5. The van der Waals surface area contributed by atoms with Crippen LogP contribution in [0.5, 0.6) is 5.75 Å². The van der Waals surface area contributed by atoms with Gasteiger partial charge in [-0.3, -0.25) is 9.69 Å². The van der Waals surface area contributed by atoms with E-state index >= 15 is 0 Å². The molecule has 1 atom stereocenters. The van der Waals surface area contributed by atoms with Crippen molar-refractivity contribution in [1.29, 1.82) is 0 Å². The molecule has 27 heavy (non-hydrogen) atoms. The first kappa shape index (κ1) is 18.0. The van der Waals surface area contributed by atoms with Crippen LogP contribution < -0.4 is 9.64 Å². The van der Waals surface area contributed by atoms with Gasteiger partial charge in [-0.25, -0.2) is 0 Å². The second kappa shape index (κ2) is 8.07. The first-order chi connectivity index (χ1) is 13.2. The van der Waals surface area contributed by atoms with E-state index in [0.29, 0.717) is 17.4 Å². The third-order valence-corrected chi connectivity index (χ3v) is 5.83. The van der Waals surface area contributed by atoms with Crippen molar-refractivity contribution in [2.75, 3.05) is 10.7 Å². The summed E-state index contributed by atoms with van der Waals surface area (Å²) in [6.07, 6.45) is 0. The minimum absolute atomic E-state index is 0.0704. The largest absolute Gasteiger partial charge is 0.489 e. The standard InChI is InChI=1S/C22H18ClNO2S/c23-18-9-11-19(12-10-18)24-21(25)15-27-22(24)17-7-4-8-20(13-17)26-14-16-5-2-1-3-6-16/h1-13,22H,14-15H2/t22-/m1/s1. The van der Waals surface area contributed by atoms with Gasteiger partial charge in [-0.05, 0) is 47.5 Å². The van der Waals surface area contributed by atoms with E-state index in [1.165, 1.54) is 0 Å². The van der Waals surface area contributed by atoms with E-state index in [0.717, 1.165) is 22.6 Å². The molecule has 0 radical (unpaired) electrons. The summed E-state index contributed by atoms with van der Waals surface area (Å²) in [5.74, 6) is 1.36. The van der Waals surface area contributed by atoms with Gasteiger partial charge in [0.05, 0.1) is 5.75 Å². The van der Waals surface area contributed by atoms with Gasteiger partial charge in [0, 0.05) is 10.7 Å². The Balaban J connectivity index is 1.55. The van der Waals surface area contributed by atoms with E-state index in [1.807, 2.05) is 83.8 Å². The van der Waals surface area contributed by atoms with E-state index in [9.17, 15) is 4.79 Å². The van der Waals surface area contributed by atoms with Crippen LogP contribution in [0.1, 0.15) is 16.5 Å². The SMILES string of the molecule is O=C1CS[C@H](c2cccc(OCc3ccccc3)c2)N1c1ccc(Cl)cc1. The molecule has 3 aromatic carbocycles. The lowest BCUT2D eigenvalue weighted by molar-refractivity contribution is -0.115. The van der Waals surface area contributed by atoms with Crippen LogP contribution in [0.25, 0.3) is 0 Å². The van der Waals surface area contributed by atoms with E-state index in [-0.39, 0.29) is 11.3 Å². The minimum Gasteiger partial charge on any atom is -0.489 e. The van der Waals surface area contributed by atoms with Crippen molar-refractivity contribution < 1.29 is 9.53 Å². The molecule has 1 aliphatic rings. The van der Waals surface area contributed by atoms with Crippen LogP contribution in [-0.4, -0.2) is 11.7 Å². The van der Waals surface area contributed by atoms with E-state index in [4.69, 9.17) is 16.3 Å². The average molecular weight is 396 g/mol. The lowest BCUT2D eigenvalue weighted by Gasteiger charge is -2.24. The molecule has 3 aromatic rings. The van der Waals surface area contributed by atoms with Gasteiger partial charge in [0.25, 0.3) is 0 Å².